The maximum absolute atomic E-state index is 10.2. The Labute approximate surface area is 126 Å². The third kappa shape index (κ3) is 4.92. The van der Waals surface area contributed by atoms with Gasteiger partial charge in [-0.25, -0.2) is 0 Å². The third-order valence-corrected chi connectivity index (χ3v) is 3.20. The molecule has 0 saturated heterocycles. The molecule has 0 bridgehead atoms. The van der Waals surface area contributed by atoms with Crippen LogP contribution >= 0.6 is 0 Å². The van der Waals surface area contributed by atoms with Crippen LogP contribution in [0.25, 0.3) is 0 Å². The van der Waals surface area contributed by atoms with E-state index in [2.05, 4.69) is 17.6 Å². The summed E-state index contributed by atoms with van der Waals surface area (Å²) in [4.78, 5) is 0. The molecule has 0 spiro atoms. The fourth-order valence-corrected chi connectivity index (χ4v) is 2.18. The summed E-state index contributed by atoms with van der Waals surface area (Å²) >= 11 is 0. The quantitative estimate of drug-likeness (QED) is 0.823. The van der Waals surface area contributed by atoms with E-state index in [1.807, 2.05) is 55.9 Å². The topological polar surface area (TPSA) is 46.4 Å². The Bertz CT molecular complexity index is 546. The summed E-state index contributed by atoms with van der Waals surface area (Å²) < 4.78 is 7.61. The summed E-state index contributed by atoms with van der Waals surface area (Å²) in [5, 5.41) is 13.4. The molecule has 2 rings (SSSR count). The van der Waals surface area contributed by atoms with Gasteiger partial charge in [-0.15, -0.1) is 0 Å². The predicted molar refractivity (Wildman–Crippen MR) is 84.3 cm³/mol. The molecule has 4 heteroatoms. The van der Waals surface area contributed by atoms with E-state index in [1.165, 1.54) is 5.56 Å². The lowest BCUT2D eigenvalue weighted by Gasteiger charge is -2.14. The highest BCUT2D eigenvalue weighted by atomic mass is 16.5. The van der Waals surface area contributed by atoms with Gasteiger partial charge in [-0.05, 0) is 43.2 Å². The van der Waals surface area contributed by atoms with Crippen molar-refractivity contribution in [2.45, 2.75) is 32.6 Å². The Morgan fingerprint density at radius 3 is 2.48 bits per heavy atom. The lowest BCUT2D eigenvalue weighted by molar-refractivity contribution is 0.174. The smallest absolute Gasteiger partial charge is 0.119 e. The van der Waals surface area contributed by atoms with Crippen molar-refractivity contribution < 1.29 is 9.84 Å². The van der Waals surface area contributed by atoms with Crippen molar-refractivity contribution >= 4 is 0 Å². The van der Waals surface area contributed by atoms with Gasteiger partial charge in [-0.1, -0.05) is 12.1 Å². The molecule has 0 amide bonds. The highest BCUT2D eigenvalue weighted by Gasteiger charge is 2.07. The van der Waals surface area contributed by atoms with Crippen LogP contribution in [-0.2, 0) is 13.6 Å². The zero-order valence-electron chi connectivity index (χ0n) is 12.9. The molecule has 1 atom stereocenters. The second-order valence-electron chi connectivity index (χ2n) is 5.57. The number of nitrogens with zero attached hydrogens (tertiary/aromatic N) is 1. The van der Waals surface area contributed by atoms with Gasteiger partial charge in [0, 0.05) is 32.5 Å². The van der Waals surface area contributed by atoms with Gasteiger partial charge >= 0.3 is 0 Å². The van der Waals surface area contributed by atoms with E-state index < -0.39 is 6.10 Å². The van der Waals surface area contributed by atoms with E-state index >= 15 is 0 Å². The monoisotopic (exact) mass is 288 g/mol. The number of hydrogen-bond donors (Lipinski definition) is 2. The molecule has 2 aromatic rings. The lowest BCUT2D eigenvalue weighted by Crippen LogP contribution is -2.20. The van der Waals surface area contributed by atoms with Crippen LogP contribution in [0.4, 0.5) is 0 Å². The molecule has 1 aromatic carbocycles. The number of benzene rings is 1. The molecule has 0 aliphatic carbocycles. The average molecular weight is 288 g/mol. The Hall–Kier alpha value is -1.78. The maximum atomic E-state index is 10.2. The number of hydrogen-bond acceptors (Lipinski definition) is 3. The van der Waals surface area contributed by atoms with E-state index in [9.17, 15) is 5.11 Å². The number of aliphatic hydroxyl groups is 1. The van der Waals surface area contributed by atoms with E-state index in [-0.39, 0.29) is 6.10 Å². The standard InChI is InChI=1S/C17H24N2O2/c1-13(2)21-16-6-4-15(5-7-16)17(20)11-18-10-14-8-9-19(3)12-14/h4-9,12-13,17-18,20H,10-11H2,1-3H3. The van der Waals surface area contributed by atoms with Crippen molar-refractivity contribution in [2.75, 3.05) is 6.54 Å². The fourth-order valence-electron chi connectivity index (χ4n) is 2.18. The Morgan fingerprint density at radius 1 is 1.19 bits per heavy atom. The molecule has 21 heavy (non-hydrogen) atoms. The second kappa shape index (κ2) is 7.29. The molecule has 1 heterocycles. The van der Waals surface area contributed by atoms with Crippen molar-refractivity contribution in [3.8, 4) is 5.75 Å². The molecule has 0 aliphatic rings. The molecule has 114 valence electrons. The molecule has 0 aliphatic heterocycles. The first-order valence-corrected chi connectivity index (χ1v) is 7.31. The SMILES string of the molecule is CC(C)Oc1ccc(C(O)CNCc2ccn(C)c2)cc1. The molecule has 4 nitrogen and oxygen atoms in total. The van der Waals surface area contributed by atoms with Gasteiger partial charge in [0.15, 0.2) is 0 Å². The first-order chi connectivity index (χ1) is 10.0. The van der Waals surface area contributed by atoms with Crippen LogP contribution in [0.2, 0.25) is 0 Å². The van der Waals surface area contributed by atoms with Crippen LogP contribution < -0.4 is 10.1 Å². The van der Waals surface area contributed by atoms with Gasteiger partial charge in [-0.2, -0.15) is 0 Å². The highest BCUT2D eigenvalue weighted by molar-refractivity contribution is 5.28. The van der Waals surface area contributed by atoms with E-state index in [0.29, 0.717) is 6.54 Å². The zero-order valence-corrected chi connectivity index (χ0v) is 12.9. The average Bonchev–Trinajstić information content (AvgIpc) is 2.84. The Balaban J connectivity index is 1.81. The van der Waals surface area contributed by atoms with Gasteiger partial charge in [0.25, 0.3) is 0 Å². The minimum Gasteiger partial charge on any atom is -0.491 e. The minimum atomic E-state index is -0.512. The third-order valence-electron chi connectivity index (χ3n) is 3.20. The first-order valence-electron chi connectivity index (χ1n) is 7.31. The van der Waals surface area contributed by atoms with Gasteiger partial charge in [0.05, 0.1) is 12.2 Å². The summed E-state index contributed by atoms with van der Waals surface area (Å²) in [6.07, 6.45) is 3.73. The van der Waals surface area contributed by atoms with Gasteiger partial charge in [-0.3, -0.25) is 0 Å². The number of aliphatic hydroxyl groups excluding tert-OH is 1. The molecule has 0 saturated carbocycles. The van der Waals surface area contributed by atoms with Gasteiger partial charge in [0.2, 0.25) is 0 Å². The summed E-state index contributed by atoms with van der Waals surface area (Å²) in [6, 6.07) is 9.68. The van der Waals surface area contributed by atoms with Crippen LogP contribution in [0.5, 0.6) is 5.75 Å². The van der Waals surface area contributed by atoms with Gasteiger partial charge < -0.3 is 19.7 Å². The number of aromatic nitrogens is 1. The first kappa shape index (κ1) is 15.6. The molecule has 2 N–H and O–H groups in total. The van der Waals surface area contributed by atoms with Crippen molar-refractivity contribution in [3.63, 3.8) is 0 Å². The van der Waals surface area contributed by atoms with Crippen LogP contribution in [0, 0.1) is 0 Å². The normalized spacial score (nSPS) is 12.6. The summed E-state index contributed by atoms with van der Waals surface area (Å²) in [5.74, 6) is 0.832. The Morgan fingerprint density at radius 2 is 1.90 bits per heavy atom. The van der Waals surface area contributed by atoms with E-state index in [4.69, 9.17) is 4.74 Å². The lowest BCUT2D eigenvalue weighted by atomic mass is 10.1. The molecular weight excluding hydrogens is 264 g/mol. The van der Waals surface area contributed by atoms with Crippen molar-refractivity contribution in [3.05, 3.63) is 53.9 Å². The van der Waals surface area contributed by atoms with Crippen LogP contribution in [0.1, 0.15) is 31.1 Å². The number of rotatable bonds is 7. The molecule has 0 fully saturated rings. The van der Waals surface area contributed by atoms with Crippen LogP contribution in [-0.4, -0.2) is 22.3 Å². The molecular formula is C17H24N2O2. The number of aryl methyl sites for hydroxylation is 1. The van der Waals surface area contributed by atoms with Crippen LogP contribution in [0.3, 0.4) is 0 Å². The fraction of sp³-hybridized carbons (Fsp3) is 0.412. The Kier molecular flexibility index (Phi) is 5.42. The maximum Gasteiger partial charge on any atom is 0.119 e. The largest absolute Gasteiger partial charge is 0.491 e. The number of nitrogens with one attached hydrogen (secondary N) is 1. The summed E-state index contributed by atoms with van der Waals surface area (Å²) in [7, 11) is 2.00. The van der Waals surface area contributed by atoms with Crippen molar-refractivity contribution in [2.24, 2.45) is 7.05 Å². The van der Waals surface area contributed by atoms with Gasteiger partial charge in [0.1, 0.15) is 5.75 Å². The summed E-state index contributed by atoms with van der Waals surface area (Å²) in [5.41, 5.74) is 2.11. The zero-order chi connectivity index (χ0) is 15.2. The summed E-state index contributed by atoms with van der Waals surface area (Å²) in [6.45, 7) is 5.28. The molecule has 1 aromatic heterocycles. The van der Waals surface area contributed by atoms with Crippen LogP contribution in [0.15, 0.2) is 42.7 Å². The minimum absolute atomic E-state index is 0.160. The van der Waals surface area contributed by atoms with E-state index in [0.717, 1.165) is 17.9 Å². The number of ether oxygens (including phenoxy) is 1. The highest BCUT2D eigenvalue weighted by Crippen LogP contribution is 2.18. The second-order valence-corrected chi connectivity index (χ2v) is 5.57. The predicted octanol–water partition coefficient (Wildman–Crippen LogP) is 2.64. The van der Waals surface area contributed by atoms with E-state index in [1.54, 1.807) is 0 Å². The molecule has 1 unspecified atom stereocenters. The molecule has 0 radical (unpaired) electrons. The van der Waals surface area contributed by atoms with Crippen molar-refractivity contribution in [1.29, 1.82) is 0 Å². The van der Waals surface area contributed by atoms with Crippen molar-refractivity contribution in [1.82, 2.24) is 9.88 Å².